The van der Waals surface area contributed by atoms with Crippen LogP contribution in [0.3, 0.4) is 0 Å². The second-order valence-corrected chi connectivity index (χ2v) is 6.80. The first-order chi connectivity index (χ1) is 15.6. The van der Waals surface area contributed by atoms with Gasteiger partial charge in [0.15, 0.2) is 11.5 Å². The predicted octanol–water partition coefficient (Wildman–Crippen LogP) is 1.84. The summed E-state index contributed by atoms with van der Waals surface area (Å²) in [4.78, 5) is 20.8. The highest BCUT2D eigenvalue weighted by atomic mass is 16.5. The van der Waals surface area contributed by atoms with Gasteiger partial charge in [0.25, 0.3) is 6.47 Å². The van der Waals surface area contributed by atoms with E-state index < -0.39 is 0 Å². The van der Waals surface area contributed by atoms with E-state index in [1.54, 1.807) is 19.4 Å². The highest BCUT2D eigenvalue weighted by Crippen LogP contribution is 2.38. The lowest BCUT2D eigenvalue weighted by molar-refractivity contribution is -0.122. The van der Waals surface area contributed by atoms with Crippen molar-refractivity contribution >= 4 is 18.1 Å². The number of rotatable bonds is 6. The quantitative estimate of drug-likeness (QED) is 0.411. The molecule has 2 atom stereocenters. The van der Waals surface area contributed by atoms with Crippen molar-refractivity contribution in [2.24, 2.45) is 5.73 Å². The fraction of sp³-hybridized carbons (Fsp3) is 0.300. The fourth-order valence-corrected chi connectivity index (χ4v) is 3.28. The number of hydrogen-bond acceptors (Lipinski definition) is 10. The van der Waals surface area contributed by atoms with Gasteiger partial charge in [-0.3, -0.25) is 9.89 Å². The lowest BCUT2D eigenvalue weighted by Crippen LogP contribution is -2.19. The lowest BCUT2D eigenvalue weighted by Gasteiger charge is -2.17. The lowest BCUT2D eigenvalue weighted by atomic mass is 10.1. The Morgan fingerprint density at radius 1 is 1.31 bits per heavy atom. The van der Waals surface area contributed by atoms with E-state index in [0.29, 0.717) is 34.5 Å². The second kappa shape index (κ2) is 10.7. The van der Waals surface area contributed by atoms with Crippen molar-refractivity contribution in [3.05, 3.63) is 36.4 Å². The van der Waals surface area contributed by atoms with E-state index in [4.69, 9.17) is 30.4 Å². The molecule has 1 fully saturated rings. The molecule has 0 saturated heterocycles. The molecule has 0 radical (unpaired) electrons. The number of aromatic amines is 1. The summed E-state index contributed by atoms with van der Waals surface area (Å²) in [6.07, 6.45) is 7.24. The third-order valence-corrected chi connectivity index (χ3v) is 4.66. The maximum Gasteiger partial charge on any atom is 0.290 e. The van der Waals surface area contributed by atoms with E-state index in [9.17, 15) is 0 Å². The van der Waals surface area contributed by atoms with Crippen LogP contribution < -0.4 is 20.5 Å². The zero-order valence-electron chi connectivity index (χ0n) is 17.2. The first-order valence-corrected chi connectivity index (χ1v) is 9.66. The Morgan fingerprint density at radius 2 is 2.12 bits per heavy atom. The number of nitrogens with two attached hydrogens (primary N) is 1. The Balaban J connectivity index is 0.000000913. The van der Waals surface area contributed by atoms with Crippen LogP contribution in [0, 0.1) is 11.3 Å². The monoisotopic (exact) mass is 438 g/mol. The third-order valence-electron chi connectivity index (χ3n) is 4.66. The van der Waals surface area contributed by atoms with E-state index in [2.05, 4.69) is 30.5 Å². The number of methoxy groups -OCH3 is 1. The summed E-state index contributed by atoms with van der Waals surface area (Å²) in [7, 11) is 1.56. The molecule has 0 bridgehead atoms. The number of carboxylic acid groups (broad SMARTS) is 1. The number of carbonyl (C=O) groups is 1. The van der Waals surface area contributed by atoms with Crippen molar-refractivity contribution in [2.75, 3.05) is 12.4 Å². The molecule has 5 N–H and O–H groups in total. The van der Waals surface area contributed by atoms with Gasteiger partial charge < -0.3 is 25.6 Å². The molecule has 0 unspecified atom stereocenters. The minimum atomic E-state index is -0.250. The molecule has 12 nitrogen and oxygen atoms in total. The summed E-state index contributed by atoms with van der Waals surface area (Å²) in [5.41, 5.74) is 7.61. The maximum absolute atomic E-state index is 8.81. The van der Waals surface area contributed by atoms with Crippen molar-refractivity contribution < 1.29 is 19.4 Å². The van der Waals surface area contributed by atoms with Crippen LogP contribution in [-0.2, 0) is 4.79 Å². The molecule has 4 rings (SSSR count). The number of H-pyrrole nitrogens is 1. The molecule has 166 valence electrons. The molecule has 0 aromatic carbocycles. The van der Waals surface area contributed by atoms with E-state index >= 15 is 0 Å². The van der Waals surface area contributed by atoms with Gasteiger partial charge in [0, 0.05) is 18.3 Å². The molecule has 1 aliphatic rings. The Kier molecular flexibility index (Phi) is 7.50. The number of pyridine rings is 1. The normalized spacial score (nSPS) is 16.9. The highest BCUT2D eigenvalue weighted by Gasteiger charge is 2.26. The third kappa shape index (κ3) is 5.46. The van der Waals surface area contributed by atoms with Crippen molar-refractivity contribution in [3.8, 4) is 29.0 Å². The summed E-state index contributed by atoms with van der Waals surface area (Å²) < 4.78 is 11.6. The molecule has 1 saturated carbocycles. The van der Waals surface area contributed by atoms with Crippen molar-refractivity contribution in [1.82, 2.24) is 25.1 Å². The van der Waals surface area contributed by atoms with Crippen LogP contribution in [0.5, 0.6) is 11.6 Å². The molecule has 1 aliphatic carbocycles. The van der Waals surface area contributed by atoms with Crippen LogP contribution in [-0.4, -0.2) is 56.0 Å². The predicted molar refractivity (Wildman–Crippen MR) is 113 cm³/mol. The summed E-state index contributed by atoms with van der Waals surface area (Å²) in [5, 5.41) is 26.0. The first kappa shape index (κ1) is 22.4. The minimum Gasteiger partial charge on any atom is -0.489 e. The van der Waals surface area contributed by atoms with Crippen LogP contribution in [0.15, 0.2) is 30.7 Å². The van der Waals surface area contributed by atoms with Gasteiger partial charge in [0.2, 0.25) is 5.88 Å². The molecule has 32 heavy (non-hydrogen) atoms. The number of hydrogen-bond donors (Lipinski definition) is 4. The van der Waals surface area contributed by atoms with Gasteiger partial charge in [-0.05, 0) is 25.3 Å². The zero-order valence-corrected chi connectivity index (χ0v) is 17.2. The average molecular weight is 438 g/mol. The van der Waals surface area contributed by atoms with Gasteiger partial charge >= 0.3 is 0 Å². The molecular formula is C20H22N8O4. The van der Waals surface area contributed by atoms with E-state index in [0.717, 1.165) is 19.3 Å². The number of anilines is 2. The molecule has 3 aromatic rings. The fourth-order valence-electron chi connectivity index (χ4n) is 3.28. The number of ether oxygens (including phenoxy) is 2. The second-order valence-electron chi connectivity index (χ2n) is 6.80. The highest BCUT2D eigenvalue weighted by molar-refractivity contribution is 5.74. The summed E-state index contributed by atoms with van der Waals surface area (Å²) in [6, 6.07) is 5.70. The topological polar surface area (TPSA) is 185 Å². The SMILES string of the molecule is COc1nccc(O[C@@H]2CC[C@H](N)C2)c1-c1cc(Nc2cnc(C#N)cn2)n[nH]1.O=CO. The smallest absolute Gasteiger partial charge is 0.290 e. The van der Waals surface area contributed by atoms with E-state index in [-0.39, 0.29) is 24.3 Å². The Labute approximate surface area is 183 Å². The maximum atomic E-state index is 8.81. The zero-order chi connectivity index (χ0) is 22.9. The van der Waals surface area contributed by atoms with Crippen molar-refractivity contribution in [3.63, 3.8) is 0 Å². The Morgan fingerprint density at radius 3 is 2.75 bits per heavy atom. The van der Waals surface area contributed by atoms with Crippen LogP contribution in [0.1, 0.15) is 25.0 Å². The molecule has 12 heteroatoms. The first-order valence-electron chi connectivity index (χ1n) is 9.66. The number of aromatic nitrogens is 5. The molecule has 3 heterocycles. The van der Waals surface area contributed by atoms with Gasteiger partial charge in [0.1, 0.15) is 29.3 Å². The van der Waals surface area contributed by atoms with Gasteiger partial charge in [-0.25, -0.2) is 15.0 Å². The summed E-state index contributed by atoms with van der Waals surface area (Å²) in [6.45, 7) is -0.250. The van der Waals surface area contributed by atoms with Gasteiger partial charge in [0.05, 0.1) is 25.2 Å². The van der Waals surface area contributed by atoms with Crippen molar-refractivity contribution in [1.29, 1.82) is 5.26 Å². The van der Waals surface area contributed by atoms with Gasteiger partial charge in [-0.15, -0.1) is 0 Å². The Bertz CT molecular complexity index is 1080. The summed E-state index contributed by atoms with van der Waals surface area (Å²) in [5.74, 6) is 2.08. The van der Waals surface area contributed by atoms with Crippen molar-refractivity contribution in [2.45, 2.75) is 31.4 Å². The van der Waals surface area contributed by atoms with Crippen LogP contribution >= 0.6 is 0 Å². The van der Waals surface area contributed by atoms with E-state index in [1.165, 1.54) is 12.4 Å². The molecule has 3 aromatic heterocycles. The molecule has 0 aliphatic heterocycles. The average Bonchev–Trinajstić information content (AvgIpc) is 3.43. The number of nitrogens with zero attached hydrogens (tertiary/aromatic N) is 5. The largest absolute Gasteiger partial charge is 0.489 e. The van der Waals surface area contributed by atoms with Crippen LogP contribution in [0.4, 0.5) is 11.6 Å². The summed E-state index contributed by atoms with van der Waals surface area (Å²) >= 11 is 0. The Hall–Kier alpha value is -4.24. The van der Waals surface area contributed by atoms with E-state index in [1.807, 2.05) is 12.1 Å². The minimum absolute atomic E-state index is 0.0605. The molecule has 0 spiro atoms. The van der Waals surface area contributed by atoms with Crippen LogP contribution in [0.2, 0.25) is 0 Å². The van der Waals surface area contributed by atoms with Gasteiger partial charge in [-0.1, -0.05) is 0 Å². The van der Waals surface area contributed by atoms with Crippen LogP contribution in [0.25, 0.3) is 11.3 Å². The molecule has 0 amide bonds. The number of nitriles is 1. The molecular weight excluding hydrogens is 416 g/mol. The standard InChI is InChI=1S/C19H20N8O2.CH2O2/c1-28-19-18(15(4-5-22-19)29-13-3-2-11(21)6-13)14-7-16(27-26-14)25-17-10-23-12(8-20)9-24-17;2-1-3/h4-5,7,9-11,13H,2-3,6,21H2,1H3,(H2,24,25,26,27);1H,(H,2,3)/t11-,13+;/m0./s1. The number of nitrogens with one attached hydrogen (secondary N) is 2. The van der Waals surface area contributed by atoms with Gasteiger partial charge in [-0.2, -0.15) is 10.4 Å².